The number of hydrogen-bond donors (Lipinski definition) is 1. The second kappa shape index (κ2) is 3.80. The normalized spacial score (nSPS) is 14.9. The highest BCUT2D eigenvalue weighted by Gasteiger charge is 2.29. The Balaban J connectivity index is 1.92. The summed E-state index contributed by atoms with van der Waals surface area (Å²) in [5.41, 5.74) is 1.34. The monoisotopic (exact) mass is 230 g/mol. The van der Waals surface area contributed by atoms with Gasteiger partial charge in [-0.25, -0.2) is 4.39 Å². The van der Waals surface area contributed by atoms with Crippen LogP contribution < -0.4 is 5.32 Å². The molecular formula is C13H11FN2O. The first-order valence-corrected chi connectivity index (χ1v) is 5.58. The molecule has 4 heteroatoms. The number of anilines is 1. The van der Waals surface area contributed by atoms with Gasteiger partial charge in [0, 0.05) is 11.3 Å². The van der Waals surface area contributed by atoms with Crippen LogP contribution in [0.4, 0.5) is 10.1 Å². The lowest BCUT2D eigenvalue weighted by Gasteiger charge is -2.05. The van der Waals surface area contributed by atoms with Gasteiger partial charge in [-0.05, 0) is 37.1 Å². The van der Waals surface area contributed by atoms with Crippen molar-refractivity contribution in [1.29, 1.82) is 0 Å². The molecule has 0 atom stereocenters. The molecule has 1 aliphatic carbocycles. The predicted molar refractivity (Wildman–Crippen MR) is 63.1 cm³/mol. The van der Waals surface area contributed by atoms with E-state index in [2.05, 4.69) is 10.3 Å². The van der Waals surface area contributed by atoms with Gasteiger partial charge < -0.3 is 5.32 Å². The molecule has 3 nitrogen and oxygen atoms in total. The van der Waals surface area contributed by atoms with Crippen LogP contribution in [0.25, 0.3) is 10.9 Å². The van der Waals surface area contributed by atoms with Crippen LogP contribution in [0.1, 0.15) is 12.8 Å². The van der Waals surface area contributed by atoms with E-state index in [-0.39, 0.29) is 17.6 Å². The third kappa shape index (κ3) is 2.11. The molecule has 0 radical (unpaired) electrons. The van der Waals surface area contributed by atoms with Gasteiger partial charge in [0.1, 0.15) is 5.82 Å². The van der Waals surface area contributed by atoms with Crippen LogP contribution in [0.2, 0.25) is 0 Å². The summed E-state index contributed by atoms with van der Waals surface area (Å²) in [6.07, 6.45) is 3.52. The second-order valence-electron chi connectivity index (χ2n) is 4.32. The Morgan fingerprint density at radius 2 is 2.18 bits per heavy atom. The molecule has 1 saturated carbocycles. The van der Waals surface area contributed by atoms with Gasteiger partial charge in [-0.1, -0.05) is 0 Å². The summed E-state index contributed by atoms with van der Waals surface area (Å²) in [5, 5.41) is 3.48. The van der Waals surface area contributed by atoms with Gasteiger partial charge >= 0.3 is 0 Å². The van der Waals surface area contributed by atoms with E-state index in [1.165, 1.54) is 12.1 Å². The number of pyridine rings is 1. The lowest BCUT2D eigenvalue weighted by atomic mass is 10.2. The SMILES string of the molecule is O=C(Nc1cnc2ccc(F)cc2c1)C1CC1. The number of rotatable bonds is 2. The van der Waals surface area contributed by atoms with Crippen molar-refractivity contribution in [3.8, 4) is 0 Å². The number of nitrogens with zero attached hydrogens (tertiary/aromatic N) is 1. The van der Waals surface area contributed by atoms with E-state index >= 15 is 0 Å². The molecule has 2 aromatic rings. The Kier molecular flexibility index (Phi) is 2.28. The van der Waals surface area contributed by atoms with Crippen LogP contribution in [0.3, 0.4) is 0 Å². The van der Waals surface area contributed by atoms with Crippen LogP contribution in [-0.4, -0.2) is 10.9 Å². The minimum absolute atomic E-state index is 0.0301. The Morgan fingerprint density at radius 1 is 1.35 bits per heavy atom. The Hall–Kier alpha value is -1.97. The van der Waals surface area contributed by atoms with Crippen LogP contribution >= 0.6 is 0 Å². The van der Waals surface area contributed by atoms with Gasteiger partial charge in [0.25, 0.3) is 0 Å². The van der Waals surface area contributed by atoms with Crippen molar-refractivity contribution in [2.75, 3.05) is 5.32 Å². The number of carbonyl (C=O) groups excluding carboxylic acids is 1. The van der Waals surface area contributed by atoms with Crippen LogP contribution in [0, 0.1) is 11.7 Å². The molecule has 1 heterocycles. The van der Waals surface area contributed by atoms with E-state index in [0.29, 0.717) is 11.1 Å². The highest BCUT2D eigenvalue weighted by Crippen LogP contribution is 2.30. The first kappa shape index (κ1) is 10.2. The summed E-state index contributed by atoms with van der Waals surface area (Å²) >= 11 is 0. The van der Waals surface area contributed by atoms with Crippen molar-refractivity contribution in [2.45, 2.75) is 12.8 Å². The van der Waals surface area contributed by atoms with Crippen molar-refractivity contribution in [1.82, 2.24) is 4.98 Å². The molecule has 86 valence electrons. The smallest absolute Gasteiger partial charge is 0.227 e. The van der Waals surface area contributed by atoms with E-state index in [9.17, 15) is 9.18 Å². The number of halogens is 1. The van der Waals surface area contributed by atoms with Gasteiger partial charge in [0.2, 0.25) is 5.91 Å². The van der Waals surface area contributed by atoms with E-state index in [4.69, 9.17) is 0 Å². The Bertz CT molecular complexity index is 593. The van der Waals surface area contributed by atoms with Crippen molar-refractivity contribution in [3.63, 3.8) is 0 Å². The number of nitrogens with one attached hydrogen (secondary N) is 1. The maximum absolute atomic E-state index is 13.1. The van der Waals surface area contributed by atoms with Gasteiger partial charge in [0.05, 0.1) is 17.4 Å². The zero-order chi connectivity index (χ0) is 11.8. The average molecular weight is 230 g/mol. The molecule has 0 aliphatic heterocycles. The minimum atomic E-state index is -0.301. The summed E-state index contributed by atoms with van der Waals surface area (Å²) in [6.45, 7) is 0. The first-order chi connectivity index (χ1) is 8.22. The van der Waals surface area contributed by atoms with Gasteiger partial charge in [-0.15, -0.1) is 0 Å². The summed E-state index contributed by atoms with van der Waals surface area (Å²) in [6, 6.07) is 6.15. The lowest BCUT2D eigenvalue weighted by Crippen LogP contribution is -2.13. The van der Waals surface area contributed by atoms with E-state index in [0.717, 1.165) is 18.4 Å². The van der Waals surface area contributed by atoms with Gasteiger partial charge in [-0.2, -0.15) is 0 Å². The van der Waals surface area contributed by atoms with Gasteiger partial charge in [-0.3, -0.25) is 9.78 Å². The molecule has 1 fully saturated rings. The third-order valence-electron chi connectivity index (χ3n) is 2.86. The van der Waals surface area contributed by atoms with Crippen molar-refractivity contribution in [2.24, 2.45) is 5.92 Å². The number of amides is 1. The minimum Gasteiger partial charge on any atom is -0.324 e. The Labute approximate surface area is 97.7 Å². The second-order valence-corrected chi connectivity index (χ2v) is 4.32. The quantitative estimate of drug-likeness (QED) is 0.861. The maximum atomic E-state index is 13.1. The molecule has 3 rings (SSSR count). The van der Waals surface area contributed by atoms with Crippen molar-refractivity contribution >= 4 is 22.5 Å². The largest absolute Gasteiger partial charge is 0.324 e. The third-order valence-corrected chi connectivity index (χ3v) is 2.86. The fourth-order valence-electron chi connectivity index (χ4n) is 1.76. The number of hydrogen-bond acceptors (Lipinski definition) is 2. The lowest BCUT2D eigenvalue weighted by molar-refractivity contribution is -0.117. The molecule has 0 bridgehead atoms. The molecule has 1 aromatic carbocycles. The van der Waals surface area contributed by atoms with Gasteiger partial charge in [0.15, 0.2) is 0 Å². The molecule has 0 spiro atoms. The zero-order valence-electron chi connectivity index (χ0n) is 9.11. The van der Waals surface area contributed by atoms with Crippen LogP contribution in [0.15, 0.2) is 30.5 Å². The summed E-state index contributed by atoms with van der Waals surface area (Å²) in [4.78, 5) is 15.7. The zero-order valence-corrected chi connectivity index (χ0v) is 9.11. The topological polar surface area (TPSA) is 42.0 Å². The number of aromatic nitrogens is 1. The maximum Gasteiger partial charge on any atom is 0.227 e. The first-order valence-electron chi connectivity index (χ1n) is 5.58. The van der Waals surface area contributed by atoms with E-state index in [1.807, 2.05) is 0 Å². The predicted octanol–water partition coefficient (Wildman–Crippen LogP) is 2.72. The van der Waals surface area contributed by atoms with Crippen molar-refractivity contribution < 1.29 is 9.18 Å². The summed E-state index contributed by atoms with van der Waals surface area (Å²) < 4.78 is 13.1. The fourth-order valence-corrected chi connectivity index (χ4v) is 1.76. The molecular weight excluding hydrogens is 219 g/mol. The molecule has 1 aliphatic rings. The average Bonchev–Trinajstić information content (AvgIpc) is 3.12. The van der Waals surface area contributed by atoms with E-state index < -0.39 is 0 Å². The fraction of sp³-hybridized carbons (Fsp3) is 0.231. The standard InChI is InChI=1S/C13H11FN2O/c14-10-3-4-12-9(5-10)6-11(7-15-12)16-13(17)8-1-2-8/h3-8H,1-2H2,(H,16,17). The van der Waals surface area contributed by atoms with Crippen LogP contribution in [-0.2, 0) is 4.79 Å². The van der Waals surface area contributed by atoms with Crippen LogP contribution in [0.5, 0.6) is 0 Å². The molecule has 17 heavy (non-hydrogen) atoms. The Morgan fingerprint density at radius 3 is 2.94 bits per heavy atom. The molecule has 1 amide bonds. The van der Waals surface area contributed by atoms with Crippen molar-refractivity contribution in [3.05, 3.63) is 36.3 Å². The summed E-state index contributed by atoms with van der Waals surface area (Å²) in [7, 11) is 0. The number of benzene rings is 1. The highest BCUT2D eigenvalue weighted by atomic mass is 19.1. The van der Waals surface area contributed by atoms with E-state index in [1.54, 1.807) is 18.3 Å². The highest BCUT2D eigenvalue weighted by molar-refractivity contribution is 5.95. The number of carbonyl (C=O) groups is 1. The molecule has 1 aromatic heterocycles. The number of fused-ring (bicyclic) bond motifs is 1. The molecule has 0 unspecified atom stereocenters. The molecule has 0 saturated heterocycles. The summed E-state index contributed by atoms with van der Waals surface area (Å²) in [5.74, 6) is -0.120. The molecule has 1 N–H and O–H groups in total.